The minimum atomic E-state index is -4.41. The highest BCUT2D eigenvalue weighted by Gasteiger charge is 2.31. The molecular weight excluding hydrogens is 454 g/mol. The van der Waals surface area contributed by atoms with Gasteiger partial charge in [-0.05, 0) is 64.4 Å². The van der Waals surface area contributed by atoms with E-state index in [1.54, 1.807) is 6.07 Å². The van der Waals surface area contributed by atoms with Crippen molar-refractivity contribution >= 4 is 6.09 Å². The van der Waals surface area contributed by atoms with Crippen molar-refractivity contribution in [2.75, 3.05) is 26.2 Å². The first kappa shape index (κ1) is 26.5. The van der Waals surface area contributed by atoms with Crippen molar-refractivity contribution in [3.63, 3.8) is 0 Å². The molecule has 0 spiro atoms. The van der Waals surface area contributed by atoms with Crippen LogP contribution in [0.2, 0.25) is 0 Å². The molecule has 1 N–H and O–H groups in total. The number of carbonyl (C=O) groups is 1. The minimum Gasteiger partial charge on any atom is -0.468 e. The molecule has 1 atom stereocenters. The number of ether oxygens (including phenoxy) is 2. The number of rotatable bonds is 6. The Balaban J connectivity index is 1.43. The van der Waals surface area contributed by atoms with Gasteiger partial charge in [-0.25, -0.2) is 14.2 Å². The van der Waals surface area contributed by atoms with Crippen molar-refractivity contribution in [1.29, 1.82) is 0 Å². The second kappa shape index (κ2) is 11.1. The second-order valence-corrected chi connectivity index (χ2v) is 10.2. The fraction of sp³-hybridized carbons (Fsp3) is 0.750. The zero-order valence-corrected chi connectivity index (χ0v) is 20.1. The van der Waals surface area contributed by atoms with E-state index in [0.717, 1.165) is 18.4 Å². The molecule has 3 rings (SSSR count). The maximum atomic E-state index is 15.1. The first-order valence-electron chi connectivity index (χ1n) is 11.9. The Morgan fingerprint density at radius 1 is 1.15 bits per heavy atom. The molecule has 6 nitrogen and oxygen atoms in total. The molecule has 1 aliphatic carbocycles. The number of pyridine rings is 1. The van der Waals surface area contributed by atoms with Gasteiger partial charge in [-0.2, -0.15) is 13.2 Å². The molecule has 0 radical (unpaired) electrons. The number of fused-ring (bicyclic) bond motifs is 1. The van der Waals surface area contributed by atoms with Crippen LogP contribution in [0.5, 0.6) is 5.88 Å². The molecule has 1 saturated carbocycles. The van der Waals surface area contributed by atoms with Crippen molar-refractivity contribution in [2.45, 2.75) is 83.3 Å². The van der Waals surface area contributed by atoms with Gasteiger partial charge >= 0.3 is 12.3 Å². The van der Waals surface area contributed by atoms with Gasteiger partial charge in [0.25, 0.3) is 0 Å². The first-order valence-corrected chi connectivity index (χ1v) is 11.9. The summed E-state index contributed by atoms with van der Waals surface area (Å²) in [6, 6.07) is 3.22. The lowest BCUT2D eigenvalue weighted by molar-refractivity contribution is -0.154. The molecule has 1 aromatic heterocycles. The van der Waals surface area contributed by atoms with Gasteiger partial charge in [-0.15, -0.1) is 0 Å². The first-order chi connectivity index (χ1) is 15.9. The van der Waals surface area contributed by atoms with Gasteiger partial charge < -0.3 is 14.8 Å². The quantitative estimate of drug-likeness (QED) is 0.579. The summed E-state index contributed by atoms with van der Waals surface area (Å²) < 4.78 is 62.3. The number of nitrogens with one attached hydrogen (secondary N) is 1. The average Bonchev–Trinajstić information content (AvgIpc) is 2.93. The van der Waals surface area contributed by atoms with Crippen LogP contribution in [0.25, 0.3) is 0 Å². The topological polar surface area (TPSA) is 63.7 Å². The van der Waals surface area contributed by atoms with Crippen LogP contribution < -0.4 is 10.1 Å². The fourth-order valence-electron chi connectivity index (χ4n) is 4.52. The van der Waals surface area contributed by atoms with Gasteiger partial charge in [0.1, 0.15) is 11.8 Å². The number of carbonyl (C=O) groups excluding carboxylic acids is 1. The molecule has 0 saturated heterocycles. The normalized spacial score (nSPS) is 22.9. The standard InChI is InChI=1S/C24H35F4N3O3/c1-23(2,3)34-22(32)29-18-7-4-16(5-8-18)19(25)14-31-12-10-17-6-9-21(30-20(17)11-13-31)33-15-24(26,27)28/h6,9,16,18-19H,4-5,7-8,10-15H2,1-3H3,(H,29,32). The minimum absolute atomic E-state index is 0.00539. The predicted octanol–water partition coefficient (Wildman–Crippen LogP) is 4.84. The fourth-order valence-corrected chi connectivity index (χ4v) is 4.52. The Hall–Kier alpha value is -2.10. The Morgan fingerprint density at radius 3 is 2.47 bits per heavy atom. The summed E-state index contributed by atoms with van der Waals surface area (Å²) in [4.78, 5) is 18.3. The molecule has 1 amide bonds. The summed E-state index contributed by atoms with van der Waals surface area (Å²) in [5.41, 5.74) is 1.13. The number of aromatic nitrogens is 1. The van der Waals surface area contributed by atoms with Crippen molar-refractivity contribution in [3.8, 4) is 5.88 Å². The zero-order valence-electron chi connectivity index (χ0n) is 20.1. The Bertz CT molecular complexity index is 821. The predicted molar refractivity (Wildman–Crippen MR) is 120 cm³/mol. The monoisotopic (exact) mass is 489 g/mol. The average molecular weight is 490 g/mol. The Morgan fingerprint density at radius 2 is 1.82 bits per heavy atom. The molecule has 34 heavy (non-hydrogen) atoms. The van der Waals surface area contributed by atoms with Gasteiger partial charge in [0.2, 0.25) is 5.88 Å². The van der Waals surface area contributed by atoms with E-state index in [2.05, 4.69) is 15.2 Å². The van der Waals surface area contributed by atoms with Crippen LogP contribution >= 0.6 is 0 Å². The van der Waals surface area contributed by atoms with Crippen LogP contribution in [-0.4, -0.2) is 66.2 Å². The van der Waals surface area contributed by atoms with E-state index in [4.69, 9.17) is 9.47 Å². The van der Waals surface area contributed by atoms with Gasteiger partial charge in [0.15, 0.2) is 6.61 Å². The van der Waals surface area contributed by atoms with Gasteiger partial charge in [0, 0.05) is 43.9 Å². The third-order valence-corrected chi connectivity index (χ3v) is 6.23. The highest BCUT2D eigenvalue weighted by molar-refractivity contribution is 5.68. The van der Waals surface area contributed by atoms with Crippen LogP contribution in [0, 0.1) is 5.92 Å². The summed E-state index contributed by atoms with van der Waals surface area (Å²) in [7, 11) is 0. The number of halogens is 4. The van der Waals surface area contributed by atoms with Crippen LogP contribution in [-0.2, 0) is 17.6 Å². The van der Waals surface area contributed by atoms with Crippen molar-refractivity contribution in [3.05, 3.63) is 23.4 Å². The summed E-state index contributed by atoms with van der Waals surface area (Å²) in [6.45, 7) is 5.66. The van der Waals surface area contributed by atoms with Gasteiger partial charge in [0.05, 0.1) is 0 Å². The smallest absolute Gasteiger partial charge is 0.422 e. The Kier molecular flexibility index (Phi) is 8.65. The van der Waals surface area contributed by atoms with Gasteiger partial charge in [-0.1, -0.05) is 6.07 Å². The van der Waals surface area contributed by atoms with Crippen molar-refractivity contribution < 1.29 is 31.8 Å². The molecule has 0 bridgehead atoms. The summed E-state index contributed by atoms with van der Waals surface area (Å²) in [5, 5.41) is 2.88. The van der Waals surface area contributed by atoms with Crippen LogP contribution in [0.4, 0.5) is 22.4 Å². The Labute approximate surface area is 198 Å². The maximum Gasteiger partial charge on any atom is 0.422 e. The lowest BCUT2D eigenvalue weighted by Gasteiger charge is -2.33. The van der Waals surface area contributed by atoms with Crippen molar-refractivity contribution in [1.82, 2.24) is 15.2 Å². The van der Waals surface area contributed by atoms with E-state index in [1.807, 2.05) is 20.8 Å². The molecule has 10 heteroatoms. The molecule has 1 aromatic rings. The third-order valence-electron chi connectivity index (χ3n) is 6.23. The largest absolute Gasteiger partial charge is 0.468 e. The summed E-state index contributed by atoms with van der Waals surface area (Å²) in [6.07, 6.45) is -1.75. The van der Waals surface area contributed by atoms with Gasteiger partial charge in [-0.3, -0.25) is 4.90 Å². The third kappa shape index (κ3) is 8.60. The molecule has 192 valence electrons. The lowest BCUT2D eigenvalue weighted by Crippen LogP contribution is -2.43. The number of alkyl halides is 4. The SMILES string of the molecule is CC(C)(C)OC(=O)NC1CCC(C(F)CN2CCc3ccc(OCC(F)(F)F)nc3CC2)CC1. The second-order valence-electron chi connectivity index (χ2n) is 10.2. The van der Waals surface area contributed by atoms with Crippen LogP contribution in [0.1, 0.15) is 57.7 Å². The molecule has 0 aromatic carbocycles. The van der Waals surface area contributed by atoms with E-state index < -0.39 is 30.6 Å². The maximum absolute atomic E-state index is 15.1. The molecule has 2 heterocycles. The molecule has 1 aliphatic heterocycles. The van der Waals surface area contributed by atoms with E-state index in [-0.39, 0.29) is 17.8 Å². The lowest BCUT2D eigenvalue weighted by atomic mass is 9.83. The molecule has 2 aliphatic rings. The molecule has 1 unspecified atom stereocenters. The van der Waals surface area contributed by atoms with Crippen molar-refractivity contribution in [2.24, 2.45) is 5.92 Å². The number of alkyl carbamates (subject to hydrolysis) is 1. The summed E-state index contributed by atoms with van der Waals surface area (Å²) >= 11 is 0. The van der Waals surface area contributed by atoms with Crippen LogP contribution in [0.3, 0.4) is 0 Å². The summed E-state index contributed by atoms with van der Waals surface area (Å²) in [5.74, 6) is -0.0903. The molecule has 1 fully saturated rings. The van der Waals surface area contributed by atoms with Crippen LogP contribution in [0.15, 0.2) is 12.1 Å². The number of hydrogen-bond donors (Lipinski definition) is 1. The van der Waals surface area contributed by atoms with E-state index >= 15 is 4.39 Å². The van der Waals surface area contributed by atoms with E-state index in [0.29, 0.717) is 51.0 Å². The number of amides is 1. The zero-order chi connectivity index (χ0) is 24.9. The highest BCUT2D eigenvalue weighted by Crippen LogP contribution is 2.30. The van der Waals surface area contributed by atoms with E-state index in [1.165, 1.54) is 6.07 Å². The highest BCUT2D eigenvalue weighted by atomic mass is 19.4. The number of hydrogen-bond acceptors (Lipinski definition) is 5. The van der Waals surface area contributed by atoms with E-state index in [9.17, 15) is 18.0 Å². The molecular formula is C24H35F4N3O3. The number of nitrogens with zero attached hydrogens (tertiary/aromatic N) is 2.